The van der Waals surface area contributed by atoms with Gasteiger partial charge in [0.1, 0.15) is 0 Å². The number of aromatic nitrogens is 2. The van der Waals surface area contributed by atoms with E-state index in [1.165, 1.54) is 0 Å². The number of hydrogen-bond donors (Lipinski definition) is 2. The number of nitrogens with zero attached hydrogens (tertiary/aromatic N) is 3. The molecule has 2 heterocycles. The average molecular weight is 239 g/mol. The average Bonchev–Trinajstić information content (AvgIpc) is 2.95. The zero-order valence-electron chi connectivity index (χ0n) is 10.0. The van der Waals surface area contributed by atoms with Gasteiger partial charge < -0.3 is 20.4 Å². The highest BCUT2D eigenvalue weighted by Gasteiger charge is 2.29. The molecule has 0 aliphatic carbocycles. The molecule has 0 bridgehead atoms. The molecule has 2 unspecified atom stereocenters. The summed E-state index contributed by atoms with van der Waals surface area (Å²) in [7, 11) is 1.83. The monoisotopic (exact) mass is 239 g/mol. The lowest BCUT2D eigenvalue weighted by atomic mass is 10.1. The zero-order valence-corrected chi connectivity index (χ0v) is 10.0. The number of nitrogens with one attached hydrogen (secondary N) is 1. The molecular formula is C10H17N5O2. The van der Waals surface area contributed by atoms with E-state index >= 15 is 0 Å². The molecule has 0 spiro atoms. The molecule has 0 radical (unpaired) electrons. The summed E-state index contributed by atoms with van der Waals surface area (Å²) < 4.78 is 5.54. The van der Waals surface area contributed by atoms with Crippen LogP contribution in [0.25, 0.3) is 0 Å². The maximum absolute atomic E-state index is 11.1. The smallest absolute Gasteiger partial charge is 0.318 e. The Hall–Kier alpha value is -1.63. The largest absolute Gasteiger partial charge is 0.406 e. The van der Waals surface area contributed by atoms with Gasteiger partial charge >= 0.3 is 6.01 Å². The van der Waals surface area contributed by atoms with Crippen molar-refractivity contribution < 1.29 is 9.21 Å². The lowest BCUT2D eigenvalue weighted by Gasteiger charge is -2.11. The number of primary amides is 1. The van der Waals surface area contributed by atoms with Crippen LogP contribution >= 0.6 is 0 Å². The second-order valence-electron chi connectivity index (χ2n) is 4.27. The van der Waals surface area contributed by atoms with Gasteiger partial charge in [0.15, 0.2) is 0 Å². The Bertz CT molecular complexity index is 405. The van der Waals surface area contributed by atoms with Crippen molar-refractivity contribution in [1.29, 1.82) is 0 Å². The first-order valence-corrected chi connectivity index (χ1v) is 5.66. The molecule has 7 heteroatoms. The van der Waals surface area contributed by atoms with Gasteiger partial charge in [0.25, 0.3) is 0 Å². The van der Waals surface area contributed by atoms with Crippen molar-refractivity contribution in [1.82, 2.24) is 15.5 Å². The number of carbonyl (C=O) groups excluding carboxylic acids is 1. The lowest BCUT2D eigenvalue weighted by Crippen LogP contribution is -2.27. The predicted octanol–water partition coefficient (Wildman–Crippen LogP) is -0.338. The van der Waals surface area contributed by atoms with Crippen LogP contribution in [0.3, 0.4) is 0 Å². The van der Waals surface area contributed by atoms with Crippen molar-refractivity contribution in [2.75, 3.05) is 25.0 Å². The molecule has 1 fully saturated rings. The van der Waals surface area contributed by atoms with E-state index in [4.69, 9.17) is 10.2 Å². The maximum Gasteiger partial charge on any atom is 0.318 e. The van der Waals surface area contributed by atoms with Gasteiger partial charge in [0.05, 0.1) is 12.0 Å². The molecule has 17 heavy (non-hydrogen) atoms. The Labute approximate surface area is 99.4 Å². The van der Waals surface area contributed by atoms with E-state index in [1.54, 1.807) is 0 Å². The molecule has 1 aromatic rings. The second-order valence-corrected chi connectivity index (χ2v) is 4.27. The quantitative estimate of drug-likeness (QED) is 0.746. The van der Waals surface area contributed by atoms with Crippen LogP contribution in [0, 0.1) is 5.92 Å². The van der Waals surface area contributed by atoms with Gasteiger partial charge in [-0.25, -0.2) is 0 Å². The number of carbonyl (C=O) groups is 1. The van der Waals surface area contributed by atoms with Crippen LogP contribution in [-0.2, 0) is 4.79 Å². The SMILES string of the molecule is CNC(C)c1nnc(N2CCC(C(N)=O)C2)o1. The highest BCUT2D eigenvalue weighted by atomic mass is 16.4. The first-order valence-electron chi connectivity index (χ1n) is 5.66. The lowest BCUT2D eigenvalue weighted by molar-refractivity contribution is -0.121. The fourth-order valence-corrected chi connectivity index (χ4v) is 1.82. The topological polar surface area (TPSA) is 97.3 Å². The fraction of sp³-hybridized carbons (Fsp3) is 0.700. The van der Waals surface area contributed by atoms with Gasteiger partial charge in [0, 0.05) is 13.1 Å². The van der Waals surface area contributed by atoms with Crippen LogP contribution < -0.4 is 16.0 Å². The summed E-state index contributed by atoms with van der Waals surface area (Å²) >= 11 is 0. The number of amides is 1. The summed E-state index contributed by atoms with van der Waals surface area (Å²) in [6.45, 7) is 3.22. The van der Waals surface area contributed by atoms with E-state index in [-0.39, 0.29) is 17.9 Å². The third-order valence-corrected chi connectivity index (χ3v) is 3.09. The molecule has 3 N–H and O–H groups in total. The number of nitrogens with two attached hydrogens (primary N) is 1. The number of anilines is 1. The van der Waals surface area contributed by atoms with Crippen molar-refractivity contribution >= 4 is 11.9 Å². The van der Waals surface area contributed by atoms with Crippen molar-refractivity contribution in [3.8, 4) is 0 Å². The molecule has 2 rings (SSSR count). The summed E-state index contributed by atoms with van der Waals surface area (Å²) in [5.41, 5.74) is 5.27. The molecule has 94 valence electrons. The predicted molar refractivity (Wildman–Crippen MR) is 61.3 cm³/mol. The van der Waals surface area contributed by atoms with E-state index in [9.17, 15) is 4.79 Å². The Morgan fingerprint density at radius 3 is 3.00 bits per heavy atom. The van der Waals surface area contributed by atoms with E-state index < -0.39 is 0 Å². The van der Waals surface area contributed by atoms with Crippen molar-refractivity contribution in [3.05, 3.63) is 5.89 Å². The summed E-state index contributed by atoms with van der Waals surface area (Å²) in [5.74, 6) is 0.160. The van der Waals surface area contributed by atoms with E-state index in [0.717, 1.165) is 13.0 Å². The minimum atomic E-state index is -0.268. The van der Waals surface area contributed by atoms with Gasteiger partial charge in [-0.1, -0.05) is 5.10 Å². The van der Waals surface area contributed by atoms with E-state index in [0.29, 0.717) is 18.5 Å². The first-order chi connectivity index (χ1) is 8.11. The minimum absolute atomic E-state index is 0.0193. The normalized spacial score (nSPS) is 21.8. The molecule has 1 amide bonds. The summed E-state index contributed by atoms with van der Waals surface area (Å²) in [6, 6.07) is 0.483. The Kier molecular flexibility index (Phi) is 3.28. The minimum Gasteiger partial charge on any atom is -0.406 e. The molecular weight excluding hydrogens is 222 g/mol. The van der Waals surface area contributed by atoms with E-state index in [2.05, 4.69) is 15.5 Å². The second kappa shape index (κ2) is 4.70. The summed E-state index contributed by atoms with van der Waals surface area (Å²) in [4.78, 5) is 13.0. The highest BCUT2D eigenvalue weighted by molar-refractivity contribution is 5.77. The van der Waals surface area contributed by atoms with Crippen LogP contribution in [0.4, 0.5) is 6.01 Å². The van der Waals surface area contributed by atoms with Crippen LogP contribution in [-0.4, -0.2) is 36.2 Å². The summed E-state index contributed by atoms with van der Waals surface area (Å²) in [6.07, 6.45) is 0.745. The van der Waals surface area contributed by atoms with Crippen LogP contribution in [0.5, 0.6) is 0 Å². The summed E-state index contributed by atoms with van der Waals surface area (Å²) in [5, 5.41) is 11.0. The molecule has 2 atom stereocenters. The Morgan fingerprint density at radius 1 is 1.65 bits per heavy atom. The van der Waals surface area contributed by atoms with Crippen LogP contribution in [0.2, 0.25) is 0 Å². The molecule has 0 aromatic carbocycles. The zero-order chi connectivity index (χ0) is 12.4. The van der Waals surface area contributed by atoms with Crippen molar-refractivity contribution in [2.24, 2.45) is 11.7 Å². The third-order valence-electron chi connectivity index (χ3n) is 3.09. The van der Waals surface area contributed by atoms with Gasteiger partial charge in [-0.3, -0.25) is 4.79 Å². The van der Waals surface area contributed by atoms with Crippen LogP contribution in [0.15, 0.2) is 4.42 Å². The highest BCUT2D eigenvalue weighted by Crippen LogP contribution is 2.23. The first kappa shape index (κ1) is 11.8. The molecule has 1 aliphatic rings. The number of hydrogen-bond acceptors (Lipinski definition) is 6. The molecule has 1 aromatic heterocycles. The molecule has 7 nitrogen and oxygen atoms in total. The Balaban J connectivity index is 2.04. The van der Waals surface area contributed by atoms with Crippen LogP contribution in [0.1, 0.15) is 25.3 Å². The molecule has 1 saturated heterocycles. The van der Waals surface area contributed by atoms with Gasteiger partial charge in [-0.2, -0.15) is 0 Å². The Morgan fingerprint density at radius 2 is 2.41 bits per heavy atom. The van der Waals surface area contributed by atoms with Gasteiger partial charge in [-0.05, 0) is 20.4 Å². The van der Waals surface area contributed by atoms with Gasteiger partial charge in [0.2, 0.25) is 11.8 Å². The molecule has 1 aliphatic heterocycles. The number of rotatable bonds is 4. The van der Waals surface area contributed by atoms with E-state index in [1.807, 2.05) is 18.9 Å². The van der Waals surface area contributed by atoms with Crippen molar-refractivity contribution in [2.45, 2.75) is 19.4 Å². The standard InChI is InChI=1S/C10H17N5O2/c1-6(12-2)9-13-14-10(17-9)15-4-3-7(5-15)8(11)16/h6-7,12H,3-5H2,1-2H3,(H2,11,16). The van der Waals surface area contributed by atoms with Crippen molar-refractivity contribution in [3.63, 3.8) is 0 Å². The molecule has 0 saturated carbocycles. The fourth-order valence-electron chi connectivity index (χ4n) is 1.82. The maximum atomic E-state index is 11.1. The van der Waals surface area contributed by atoms with Gasteiger partial charge in [-0.15, -0.1) is 5.10 Å². The third kappa shape index (κ3) is 2.38.